The Bertz CT molecular complexity index is 454. The Kier molecular flexibility index (Phi) is 6.31. The van der Waals surface area contributed by atoms with Crippen LogP contribution in [0.15, 0.2) is 29.2 Å². The van der Waals surface area contributed by atoms with Gasteiger partial charge in [0, 0.05) is 12.0 Å². The van der Waals surface area contributed by atoms with Crippen LogP contribution >= 0.6 is 11.8 Å². The number of carbonyl (C=O) groups excluding carboxylic acids is 1. The number of hydrogen-bond donors (Lipinski definition) is 2. The fourth-order valence-corrected chi connectivity index (χ4v) is 2.14. The van der Waals surface area contributed by atoms with Gasteiger partial charge in [-0.3, -0.25) is 4.79 Å². The summed E-state index contributed by atoms with van der Waals surface area (Å²) in [6.45, 7) is -0.301. The van der Waals surface area contributed by atoms with Gasteiger partial charge < -0.3 is 15.2 Å². The van der Waals surface area contributed by atoms with Crippen molar-refractivity contribution in [2.45, 2.75) is 16.4 Å². The molecule has 0 spiro atoms. The van der Waals surface area contributed by atoms with Crippen LogP contribution in [0.25, 0.3) is 0 Å². The monoisotopic (exact) mass is 309 g/mol. The predicted molar refractivity (Wildman–Crippen MR) is 68.6 cm³/mol. The van der Waals surface area contributed by atoms with E-state index in [0.717, 1.165) is 0 Å². The summed E-state index contributed by atoms with van der Waals surface area (Å²) in [5.74, 6) is -0.687. The van der Waals surface area contributed by atoms with Crippen molar-refractivity contribution in [1.29, 1.82) is 0 Å². The Morgan fingerprint density at radius 3 is 2.65 bits per heavy atom. The van der Waals surface area contributed by atoms with E-state index in [2.05, 4.69) is 5.32 Å². The first kappa shape index (κ1) is 16.8. The van der Waals surface area contributed by atoms with Crippen LogP contribution in [0.2, 0.25) is 0 Å². The van der Waals surface area contributed by atoms with Gasteiger partial charge in [-0.05, 0) is 23.9 Å². The molecule has 0 aromatic heterocycles. The highest BCUT2D eigenvalue weighted by Crippen LogP contribution is 2.38. The normalized spacial score (nSPS) is 13.1. The number of benzene rings is 1. The minimum atomic E-state index is -4.47. The number of aliphatic hydroxyl groups excluding tert-OH is 1. The summed E-state index contributed by atoms with van der Waals surface area (Å²) in [6, 6.07) is 4.74. The molecule has 1 amide bonds. The number of aliphatic hydroxyl groups is 1. The first-order chi connectivity index (χ1) is 9.37. The van der Waals surface area contributed by atoms with Crippen molar-refractivity contribution in [1.82, 2.24) is 5.32 Å². The average molecular weight is 309 g/mol. The van der Waals surface area contributed by atoms with E-state index in [1.807, 2.05) is 0 Å². The van der Waals surface area contributed by atoms with E-state index >= 15 is 0 Å². The van der Waals surface area contributed by atoms with E-state index < -0.39 is 17.5 Å². The van der Waals surface area contributed by atoms with E-state index in [4.69, 9.17) is 9.84 Å². The molecule has 1 unspecified atom stereocenters. The third-order valence-corrected chi connectivity index (χ3v) is 3.09. The number of nitrogens with one attached hydrogen (secondary N) is 1. The molecule has 1 aromatic rings. The molecule has 2 N–H and O–H groups in total. The van der Waals surface area contributed by atoms with E-state index in [1.165, 1.54) is 31.4 Å². The van der Waals surface area contributed by atoms with Crippen molar-refractivity contribution in [2.24, 2.45) is 0 Å². The molecule has 8 heteroatoms. The smallest absolute Gasteiger partial charge is 0.394 e. The van der Waals surface area contributed by atoms with Gasteiger partial charge in [0.1, 0.15) is 0 Å². The zero-order valence-corrected chi connectivity index (χ0v) is 11.4. The molecule has 0 saturated carbocycles. The molecule has 1 aromatic carbocycles. The van der Waals surface area contributed by atoms with Crippen LogP contribution in [-0.2, 0) is 4.74 Å². The molecule has 0 bridgehead atoms. The van der Waals surface area contributed by atoms with Crippen LogP contribution in [-0.4, -0.2) is 42.9 Å². The van der Waals surface area contributed by atoms with Crippen molar-refractivity contribution in [3.05, 3.63) is 29.8 Å². The molecular weight excluding hydrogens is 295 g/mol. The fourth-order valence-electron chi connectivity index (χ4n) is 1.47. The summed E-state index contributed by atoms with van der Waals surface area (Å²) in [5.41, 5.74) is -4.57. The second kappa shape index (κ2) is 7.51. The second-order valence-corrected chi connectivity index (χ2v) is 4.96. The van der Waals surface area contributed by atoms with Crippen molar-refractivity contribution < 1.29 is 27.8 Å². The van der Waals surface area contributed by atoms with Gasteiger partial charge in [-0.1, -0.05) is 12.1 Å². The van der Waals surface area contributed by atoms with Crippen molar-refractivity contribution in [2.75, 3.05) is 20.3 Å². The number of methoxy groups -OCH3 is 1. The molecule has 4 nitrogen and oxygen atoms in total. The molecule has 0 aliphatic rings. The van der Waals surface area contributed by atoms with Crippen LogP contribution in [0.3, 0.4) is 0 Å². The summed E-state index contributed by atoms with van der Waals surface area (Å²) in [4.78, 5) is 11.7. The van der Waals surface area contributed by atoms with Gasteiger partial charge >= 0.3 is 5.51 Å². The van der Waals surface area contributed by atoms with Crippen LogP contribution in [0.1, 0.15) is 10.4 Å². The number of hydrogen-bond acceptors (Lipinski definition) is 4. The molecule has 0 aliphatic carbocycles. The maximum Gasteiger partial charge on any atom is 0.446 e. The van der Waals surface area contributed by atoms with Crippen LogP contribution in [0.5, 0.6) is 0 Å². The van der Waals surface area contributed by atoms with Gasteiger partial charge in [0.2, 0.25) is 0 Å². The first-order valence-electron chi connectivity index (χ1n) is 5.62. The van der Waals surface area contributed by atoms with E-state index in [9.17, 15) is 18.0 Å². The van der Waals surface area contributed by atoms with Gasteiger partial charge in [-0.15, -0.1) is 0 Å². The number of alkyl halides is 3. The van der Waals surface area contributed by atoms with Crippen molar-refractivity contribution >= 4 is 17.7 Å². The highest BCUT2D eigenvalue weighted by molar-refractivity contribution is 8.00. The minimum absolute atomic E-state index is 0.0663. The molecule has 0 fully saturated rings. The number of thioether (sulfide) groups is 1. The largest absolute Gasteiger partial charge is 0.446 e. The lowest BCUT2D eigenvalue weighted by atomic mass is 10.2. The molecule has 0 aliphatic heterocycles. The summed E-state index contributed by atoms with van der Waals surface area (Å²) in [7, 11) is 1.39. The fraction of sp³-hybridized carbons (Fsp3) is 0.417. The highest BCUT2D eigenvalue weighted by atomic mass is 32.2. The standard InChI is InChI=1S/C12H14F3NO3S/c1-19-7-8(6-17)16-11(18)9-4-2-3-5-10(9)20-12(13,14)15/h2-5,8,17H,6-7H2,1H3,(H,16,18). The topological polar surface area (TPSA) is 58.6 Å². The Balaban J connectivity index is 2.87. The third kappa shape index (κ3) is 5.40. The lowest BCUT2D eigenvalue weighted by Crippen LogP contribution is -2.40. The highest BCUT2D eigenvalue weighted by Gasteiger charge is 2.31. The number of ether oxygens (including phenoxy) is 1. The zero-order chi connectivity index (χ0) is 15.2. The first-order valence-corrected chi connectivity index (χ1v) is 6.44. The third-order valence-electron chi connectivity index (χ3n) is 2.28. The number of rotatable bonds is 6. The predicted octanol–water partition coefficient (Wildman–Crippen LogP) is 2.04. The molecule has 1 rings (SSSR count). The van der Waals surface area contributed by atoms with Gasteiger partial charge in [0.15, 0.2) is 0 Å². The number of amides is 1. The van der Waals surface area contributed by atoms with Crippen molar-refractivity contribution in [3.8, 4) is 0 Å². The Morgan fingerprint density at radius 1 is 1.45 bits per heavy atom. The van der Waals surface area contributed by atoms with Crippen molar-refractivity contribution in [3.63, 3.8) is 0 Å². The minimum Gasteiger partial charge on any atom is -0.394 e. The Labute approximate surface area is 118 Å². The van der Waals surface area contributed by atoms with Gasteiger partial charge in [0.05, 0.1) is 24.8 Å². The molecule has 112 valence electrons. The molecular formula is C12H14F3NO3S. The molecule has 20 heavy (non-hydrogen) atoms. The van der Waals surface area contributed by atoms with Crippen LogP contribution in [0, 0.1) is 0 Å². The summed E-state index contributed by atoms with van der Waals surface area (Å²) < 4.78 is 42.0. The maximum absolute atomic E-state index is 12.4. The lowest BCUT2D eigenvalue weighted by molar-refractivity contribution is -0.0328. The number of halogens is 3. The average Bonchev–Trinajstić information content (AvgIpc) is 2.36. The summed E-state index contributed by atoms with van der Waals surface area (Å²) in [6.07, 6.45) is 0. The van der Waals surface area contributed by atoms with Crippen LogP contribution in [0.4, 0.5) is 13.2 Å². The summed E-state index contributed by atoms with van der Waals surface area (Å²) >= 11 is -0.351. The summed E-state index contributed by atoms with van der Waals surface area (Å²) in [5, 5.41) is 11.4. The zero-order valence-electron chi connectivity index (χ0n) is 10.6. The second-order valence-electron chi connectivity index (χ2n) is 3.85. The van der Waals surface area contributed by atoms with Gasteiger partial charge in [-0.2, -0.15) is 13.2 Å². The molecule has 0 heterocycles. The van der Waals surface area contributed by atoms with Gasteiger partial charge in [-0.25, -0.2) is 0 Å². The van der Waals surface area contributed by atoms with Gasteiger partial charge in [0.25, 0.3) is 5.91 Å². The maximum atomic E-state index is 12.4. The van der Waals surface area contributed by atoms with E-state index in [1.54, 1.807) is 0 Å². The SMILES string of the molecule is COCC(CO)NC(=O)c1ccccc1SC(F)(F)F. The molecule has 1 atom stereocenters. The lowest BCUT2D eigenvalue weighted by Gasteiger charge is -2.17. The number of carbonyl (C=O) groups is 1. The molecule has 0 saturated heterocycles. The Hall–Kier alpha value is -1.25. The van der Waals surface area contributed by atoms with E-state index in [0.29, 0.717) is 0 Å². The quantitative estimate of drug-likeness (QED) is 0.790. The van der Waals surface area contributed by atoms with E-state index in [-0.39, 0.29) is 35.4 Å². The van der Waals surface area contributed by atoms with Crippen LogP contribution < -0.4 is 5.32 Å². The Morgan fingerprint density at radius 2 is 2.10 bits per heavy atom. The molecule has 0 radical (unpaired) electrons.